The number of esters is 1. The molecule has 0 bridgehead atoms. The molecule has 1 aromatic rings. The lowest BCUT2D eigenvalue weighted by Gasteiger charge is -2.30. The topological polar surface area (TPSA) is 173 Å². The molecule has 3 N–H and O–H groups in total. The second kappa shape index (κ2) is 12.0. The minimum absolute atomic E-state index is 0.159. The van der Waals surface area contributed by atoms with Gasteiger partial charge in [-0.05, 0) is 32.0 Å². The summed E-state index contributed by atoms with van der Waals surface area (Å²) < 4.78 is 5.90. The number of carbonyl (C=O) groups is 3. The Bertz CT molecular complexity index is 826. The standard InChI is InChI=1S/C20H27N3O9/c24-17(25)9-20(29,19(27)28)10-18(26)32-16(13-22-6-2-1-3-7-22)14-31-21-11-15-5-4-8-23(30)12-15/h4-5,8,11-12,16,29H,1-3,6-7,9-10,13-14H2,(H,24,25)(H,27,28)/t16-,20-/m1/s1. The zero-order valence-corrected chi connectivity index (χ0v) is 17.5. The maximum Gasteiger partial charge on any atom is 0.336 e. The normalized spacial score (nSPS) is 17.4. The average Bonchev–Trinajstić information content (AvgIpc) is 2.71. The number of carboxylic acids is 2. The van der Waals surface area contributed by atoms with E-state index in [9.17, 15) is 24.7 Å². The predicted molar refractivity (Wildman–Crippen MR) is 109 cm³/mol. The summed E-state index contributed by atoms with van der Waals surface area (Å²) in [5, 5.41) is 43.0. The van der Waals surface area contributed by atoms with Gasteiger partial charge in [0.05, 0.1) is 24.6 Å². The van der Waals surface area contributed by atoms with Crippen molar-refractivity contribution in [3.8, 4) is 0 Å². The first kappa shape index (κ1) is 25.0. The lowest BCUT2D eigenvalue weighted by Crippen LogP contribution is -2.45. The molecule has 0 aromatic carbocycles. The van der Waals surface area contributed by atoms with Crippen LogP contribution in [-0.4, -0.2) is 82.3 Å². The van der Waals surface area contributed by atoms with Gasteiger partial charge in [-0.3, -0.25) is 14.5 Å². The van der Waals surface area contributed by atoms with E-state index in [0.717, 1.165) is 32.4 Å². The number of ether oxygens (including phenoxy) is 1. The molecule has 2 atom stereocenters. The first-order valence-electron chi connectivity index (χ1n) is 10.1. The highest BCUT2D eigenvalue weighted by Crippen LogP contribution is 2.18. The number of aliphatic hydroxyl groups is 1. The van der Waals surface area contributed by atoms with Gasteiger partial charge >= 0.3 is 17.9 Å². The molecule has 1 aliphatic heterocycles. The van der Waals surface area contributed by atoms with Crippen LogP contribution in [0.25, 0.3) is 0 Å². The van der Waals surface area contributed by atoms with E-state index in [-0.39, 0.29) is 6.61 Å². The van der Waals surface area contributed by atoms with E-state index in [0.29, 0.717) is 16.8 Å². The molecule has 1 fully saturated rings. The smallest absolute Gasteiger partial charge is 0.336 e. The van der Waals surface area contributed by atoms with Crippen molar-refractivity contribution in [1.82, 2.24) is 4.90 Å². The van der Waals surface area contributed by atoms with Gasteiger partial charge in [0.2, 0.25) is 0 Å². The molecule has 2 rings (SSSR count). The molecule has 1 saturated heterocycles. The quantitative estimate of drug-likeness (QED) is 0.126. The van der Waals surface area contributed by atoms with Crippen LogP contribution in [0.15, 0.2) is 29.7 Å². The summed E-state index contributed by atoms with van der Waals surface area (Å²) in [4.78, 5) is 41.7. The van der Waals surface area contributed by atoms with Crippen LogP contribution in [0.5, 0.6) is 0 Å². The van der Waals surface area contributed by atoms with Crippen molar-refractivity contribution >= 4 is 24.1 Å². The molecular formula is C20H27N3O9. The van der Waals surface area contributed by atoms with Crippen LogP contribution in [0, 0.1) is 5.21 Å². The van der Waals surface area contributed by atoms with Gasteiger partial charge in [0, 0.05) is 12.6 Å². The summed E-state index contributed by atoms with van der Waals surface area (Å²) in [6, 6.07) is 3.18. The Kier molecular flexibility index (Phi) is 9.35. The number of rotatable bonds is 12. The number of aliphatic carboxylic acids is 2. The van der Waals surface area contributed by atoms with Crippen LogP contribution in [0.4, 0.5) is 0 Å². The first-order chi connectivity index (χ1) is 15.2. The zero-order valence-electron chi connectivity index (χ0n) is 17.5. The monoisotopic (exact) mass is 453 g/mol. The maximum atomic E-state index is 12.3. The molecule has 0 unspecified atom stereocenters. The number of pyridine rings is 1. The number of likely N-dealkylation sites (tertiary alicyclic amines) is 1. The summed E-state index contributed by atoms with van der Waals surface area (Å²) in [7, 11) is 0. The van der Waals surface area contributed by atoms with Crippen LogP contribution in [0.1, 0.15) is 37.7 Å². The second-order valence-corrected chi connectivity index (χ2v) is 7.58. The molecule has 1 aliphatic rings. The second-order valence-electron chi connectivity index (χ2n) is 7.58. The fraction of sp³-hybridized carbons (Fsp3) is 0.550. The summed E-state index contributed by atoms with van der Waals surface area (Å²) in [5.74, 6) is -4.46. The average molecular weight is 453 g/mol. The van der Waals surface area contributed by atoms with Crippen molar-refractivity contribution in [3.05, 3.63) is 35.3 Å². The van der Waals surface area contributed by atoms with Crippen molar-refractivity contribution < 1.29 is 44.0 Å². The fourth-order valence-electron chi connectivity index (χ4n) is 3.26. The molecule has 0 spiro atoms. The Labute approximate surface area is 184 Å². The van der Waals surface area contributed by atoms with Crippen molar-refractivity contribution in [3.63, 3.8) is 0 Å². The predicted octanol–water partition coefficient (Wildman–Crippen LogP) is -0.251. The summed E-state index contributed by atoms with van der Waals surface area (Å²) in [6.07, 6.45) is 3.97. The highest BCUT2D eigenvalue weighted by molar-refractivity contribution is 5.88. The lowest BCUT2D eigenvalue weighted by molar-refractivity contribution is -0.605. The summed E-state index contributed by atoms with van der Waals surface area (Å²) >= 11 is 0. The SMILES string of the molecule is O=C(O)C[C@@](O)(CC(=O)O[C@@H](CON=Cc1ccc[n+]([O-])c1)CN1CCCCC1)C(=O)O. The maximum absolute atomic E-state index is 12.3. The van der Waals surface area contributed by atoms with Gasteiger partial charge < -0.3 is 30.1 Å². The number of piperidine rings is 1. The number of carbonyl (C=O) groups excluding carboxylic acids is 1. The summed E-state index contributed by atoms with van der Waals surface area (Å²) in [5.41, 5.74) is -2.29. The third-order valence-electron chi connectivity index (χ3n) is 4.82. The van der Waals surface area contributed by atoms with Gasteiger partial charge in [-0.2, -0.15) is 4.73 Å². The van der Waals surface area contributed by atoms with Crippen LogP contribution < -0.4 is 4.73 Å². The number of hydrogen-bond acceptors (Lipinski definition) is 9. The number of hydrogen-bond donors (Lipinski definition) is 3. The lowest BCUT2D eigenvalue weighted by atomic mass is 9.96. The Hall–Kier alpha value is -3.25. The van der Waals surface area contributed by atoms with E-state index in [4.69, 9.17) is 19.8 Å². The van der Waals surface area contributed by atoms with E-state index in [2.05, 4.69) is 10.1 Å². The van der Waals surface area contributed by atoms with Gasteiger partial charge in [0.1, 0.15) is 0 Å². The molecule has 0 aliphatic carbocycles. The van der Waals surface area contributed by atoms with Crippen LogP contribution in [-0.2, 0) is 24.0 Å². The van der Waals surface area contributed by atoms with Crippen LogP contribution in [0.3, 0.4) is 0 Å². The number of aromatic nitrogens is 1. The largest absolute Gasteiger partial charge is 0.619 e. The van der Waals surface area contributed by atoms with Crippen molar-refractivity contribution in [2.45, 2.75) is 43.8 Å². The molecule has 0 amide bonds. The highest BCUT2D eigenvalue weighted by Gasteiger charge is 2.42. The van der Waals surface area contributed by atoms with E-state index < -0.39 is 42.5 Å². The Morgan fingerprint density at radius 2 is 1.97 bits per heavy atom. The summed E-state index contributed by atoms with van der Waals surface area (Å²) in [6.45, 7) is 1.73. The zero-order chi connectivity index (χ0) is 23.6. The van der Waals surface area contributed by atoms with E-state index >= 15 is 0 Å². The molecule has 32 heavy (non-hydrogen) atoms. The molecule has 0 radical (unpaired) electrons. The minimum Gasteiger partial charge on any atom is -0.619 e. The van der Waals surface area contributed by atoms with Crippen molar-refractivity contribution in [1.29, 1.82) is 0 Å². The molecular weight excluding hydrogens is 426 g/mol. The number of nitrogens with zero attached hydrogens (tertiary/aromatic N) is 3. The molecule has 0 saturated carbocycles. The van der Waals surface area contributed by atoms with E-state index in [1.165, 1.54) is 24.7 Å². The molecule has 2 heterocycles. The fourth-order valence-corrected chi connectivity index (χ4v) is 3.26. The van der Waals surface area contributed by atoms with Gasteiger partial charge in [0.25, 0.3) is 0 Å². The third kappa shape index (κ3) is 8.47. The number of carboxylic acid groups (broad SMARTS) is 2. The highest BCUT2D eigenvalue weighted by atomic mass is 16.6. The molecule has 12 nitrogen and oxygen atoms in total. The number of oxime groups is 1. The van der Waals surface area contributed by atoms with Gasteiger partial charge in [0.15, 0.2) is 30.7 Å². The molecule has 176 valence electrons. The van der Waals surface area contributed by atoms with E-state index in [1.54, 1.807) is 6.07 Å². The molecule has 12 heteroatoms. The van der Waals surface area contributed by atoms with Crippen molar-refractivity contribution in [2.75, 3.05) is 26.2 Å². The van der Waals surface area contributed by atoms with Crippen molar-refractivity contribution in [2.24, 2.45) is 5.16 Å². The Morgan fingerprint density at radius 1 is 1.25 bits per heavy atom. The molecule has 1 aromatic heterocycles. The van der Waals surface area contributed by atoms with Gasteiger partial charge in [-0.15, -0.1) is 0 Å². The minimum atomic E-state index is -2.78. The Balaban J connectivity index is 1.99. The third-order valence-corrected chi connectivity index (χ3v) is 4.82. The first-order valence-corrected chi connectivity index (χ1v) is 10.1. The van der Waals surface area contributed by atoms with Crippen LogP contribution in [0.2, 0.25) is 0 Å². The van der Waals surface area contributed by atoms with Gasteiger partial charge in [-0.25, -0.2) is 4.79 Å². The van der Waals surface area contributed by atoms with E-state index in [1.807, 2.05) is 0 Å². The van der Waals surface area contributed by atoms with Gasteiger partial charge in [-0.1, -0.05) is 11.6 Å². The van der Waals surface area contributed by atoms with Crippen LogP contribution >= 0.6 is 0 Å². The Morgan fingerprint density at radius 3 is 2.59 bits per heavy atom.